The molecule has 0 saturated carbocycles. The van der Waals surface area contributed by atoms with E-state index in [4.69, 9.17) is 24.7 Å². The molecule has 58 heavy (non-hydrogen) atoms. The van der Waals surface area contributed by atoms with Crippen molar-refractivity contribution >= 4 is 12.0 Å². The molecule has 0 aliphatic heterocycles. The van der Waals surface area contributed by atoms with Crippen LogP contribution in [-0.4, -0.2) is 73.7 Å². The van der Waals surface area contributed by atoms with E-state index in [0.29, 0.717) is 25.5 Å². The van der Waals surface area contributed by atoms with Crippen LogP contribution < -0.4 is 10.6 Å². The third kappa shape index (κ3) is 8.95. The molecule has 1 atom stereocenters. The summed E-state index contributed by atoms with van der Waals surface area (Å²) in [6, 6.07) is 46.0. The lowest BCUT2D eigenvalue weighted by molar-refractivity contribution is -0.123. The predicted molar refractivity (Wildman–Crippen MR) is 221 cm³/mol. The quantitative estimate of drug-likeness (QED) is 0.0284. The smallest absolute Gasteiger partial charge is 0.407 e. The van der Waals surface area contributed by atoms with Gasteiger partial charge in [0.1, 0.15) is 18.2 Å². The fourth-order valence-electron chi connectivity index (χ4n) is 7.68. The minimum atomic E-state index is -1.01. The molecule has 5 aromatic carbocycles. The molecule has 0 radical (unpaired) electrons. The third-order valence-corrected chi connectivity index (χ3v) is 10.3. The minimum absolute atomic E-state index is 0.0946. The summed E-state index contributed by atoms with van der Waals surface area (Å²) in [5.41, 5.74) is 15.7. The van der Waals surface area contributed by atoms with Gasteiger partial charge in [-0.2, -0.15) is 0 Å². The van der Waals surface area contributed by atoms with Gasteiger partial charge >= 0.3 is 6.09 Å². The van der Waals surface area contributed by atoms with Crippen molar-refractivity contribution in [1.82, 2.24) is 20.2 Å². The van der Waals surface area contributed by atoms with Crippen LogP contribution in [0.5, 0.6) is 0 Å². The normalized spacial score (nSPS) is 12.5. The maximum atomic E-state index is 13.8. The highest BCUT2D eigenvalue weighted by molar-refractivity contribution is 5.86. The molecule has 12 heteroatoms. The molecule has 0 saturated heterocycles. The molecule has 6 aromatic rings. The number of aromatic nitrogens is 2. The standard InChI is InChI=1S/C46H45N7O5/c47-52-50-25-27-57-29-28-56-26-24-48-44(54)43(51-45(55)58-32-42-40-22-12-10-20-38(40)39-21-11-13-23-41(39)42)30-37-31-53(33-49-37)46(34-14-4-1-5-15-34,35-16-6-2-7-17-35)36-18-8-3-9-19-36/h1-23,31,33,42-43H,24-30,32H2,(H,48,54)(H,51,55)/t43-/m0/s1. The molecule has 294 valence electrons. The van der Waals surface area contributed by atoms with Gasteiger partial charge in [-0.05, 0) is 44.5 Å². The van der Waals surface area contributed by atoms with E-state index in [1.54, 1.807) is 6.33 Å². The van der Waals surface area contributed by atoms with Crippen molar-refractivity contribution in [2.75, 3.05) is 46.1 Å². The number of rotatable bonds is 19. The van der Waals surface area contributed by atoms with Gasteiger partial charge in [0.15, 0.2) is 0 Å². The van der Waals surface area contributed by atoms with Gasteiger partial charge < -0.3 is 29.4 Å². The first kappa shape index (κ1) is 39.5. The number of ether oxygens (including phenoxy) is 3. The maximum absolute atomic E-state index is 13.8. The number of fused-ring (bicyclic) bond motifs is 3. The summed E-state index contributed by atoms with van der Waals surface area (Å²) in [6.07, 6.45) is 3.12. The van der Waals surface area contributed by atoms with Gasteiger partial charge in [-0.15, -0.1) is 0 Å². The average Bonchev–Trinajstić information content (AvgIpc) is 3.87. The zero-order valence-corrected chi connectivity index (χ0v) is 32.0. The van der Waals surface area contributed by atoms with E-state index >= 15 is 0 Å². The van der Waals surface area contributed by atoms with Gasteiger partial charge in [-0.25, -0.2) is 9.78 Å². The Hall–Kier alpha value is -6.72. The lowest BCUT2D eigenvalue weighted by atomic mass is 9.77. The van der Waals surface area contributed by atoms with E-state index in [0.717, 1.165) is 38.9 Å². The largest absolute Gasteiger partial charge is 0.449 e. The van der Waals surface area contributed by atoms with E-state index in [9.17, 15) is 9.59 Å². The average molecular weight is 776 g/mol. The van der Waals surface area contributed by atoms with Gasteiger partial charge in [-0.1, -0.05) is 145 Å². The predicted octanol–water partition coefficient (Wildman–Crippen LogP) is 7.63. The van der Waals surface area contributed by atoms with Gasteiger partial charge in [0.2, 0.25) is 5.91 Å². The second kappa shape index (κ2) is 19.4. The number of alkyl carbamates (subject to hydrolysis) is 1. The Labute approximate surface area is 337 Å². The second-order valence-electron chi connectivity index (χ2n) is 13.8. The number of nitrogens with zero attached hydrogens (tertiary/aromatic N) is 5. The van der Waals surface area contributed by atoms with Gasteiger partial charge in [-0.3, -0.25) is 4.79 Å². The third-order valence-electron chi connectivity index (χ3n) is 10.3. The fourth-order valence-corrected chi connectivity index (χ4v) is 7.68. The number of carbonyl (C=O) groups is 2. The highest BCUT2D eigenvalue weighted by Crippen LogP contribution is 2.45. The number of hydrogen-bond acceptors (Lipinski definition) is 7. The highest BCUT2D eigenvalue weighted by Gasteiger charge is 2.39. The molecular weight excluding hydrogens is 731 g/mol. The maximum Gasteiger partial charge on any atom is 0.407 e. The SMILES string of the molecule is [N-]=[N+]=NCCOCCOCCNC(=O)[C@H](Cc1cn(C(c2ccccc2)(c2ccccc2)c2ccccc2)cn1)NC(=O)OCC1c2ccccc2-c2ccccc21. The van der Waals surface area contributed by atoms with Crippen molar-refractivity contribution in [2.24, 2.45) is 5.11 Å². The Balaban J connectivity index is 1.10. The first-order chi connectivity index (χ1) is 28.6. The van der Waals surface area contributed by atoms with E-state index in [1.807, 2.05) is 85.1 Å². The van der Waals surface area contributed by atoms with Crippen molar-refractivity contribution in [1.29, 1.82) is 0 Å². The molecule has 0 unspecified atom stereocenters. The number of benzene rings is 5. The van der Waals surface area contributed by atoms with Gasteiger partial charge in [0, 0.05) is 36.5 Å². The fraction of sp³-hybridized carbons (Fsp3) is 0.239. The first-order valence-corrected chi connectivity index (χ1v) is 19.3. The van der Waals surface area contributed by atoms with Gasteiger partial charge in [0.05, 0.1) is 38.4 Å². The molecule has 0 bridgehead atoms. The lowest BCUT2D eigenvalue weighted by Crippen LogP contribution is -2.49. The van der Waals surface area contributed by atoms with E-state index in [-0.39, 0.29) is 38.6 Å². The number of imidazole rings is 1. The summed E-state index contributed by atoms with van der Waals surface area (Å²) >= 11 is 0. The number of amides is 2. The van der Waals surface area contributed by atoms with Crippen molar-refractivity contribution in [3.8, 4) is 11.1 Å². The van der Waals surface area contributed by atoms with Crippen LogP contribution in [0.3, 0.4) is 0 Å². The summed E-state index contributed by atoms with van der Waals surface area (Å²) in [4.78, 5) is 35.0. The van der Waals surface area contributed by atoms with Crippen LogP contribution in [0.1, 0.15) is 39.4 Å². The van der Waals surface area contributed by atoms with E-state index in [1.165, 1.54) is 0 Å². The summed E-state index contributed by atoms with van der Waals surface area (Å²) in [5, 5.41) is 9.18. The highest BCUT2D eigenvalue weighted by atomic mass is 16.5. The van der Waals surface area contributed by atoms with E-state index in [2.05, 4.69) is 85.9 Å². The molecule has 0 spiro atoms. The monoisotopic (exact) mass is 775 g/mol. The Bertz CT molecular complexity index is 2170. The summed E-state index contributed by atoms with van der Waals surface area (Å²) in [5.74, 6) is -0.541. The van der Waals surface area contributed by atoms with Crippen LogP contribution in [0.15, 0.2) is 157 Å². The van der Waals surface area contributed by atoms with Crippen LogP contribution in [0.25, 0.3) is 21.6 Å². The molecule has 12 nitrogen and oxygen atoms in total. The van der Waals surface area contributed by atoms with Crippen molar-refractivity contribution < 1.29 is 23.8 Å². The molecule has 2 N–H and O–H groups in total. The zero-order chi connectivity index (χ0) is 40.0. The molecule has 7 rings (SSSR count). The molecule has 1 aliphatic rings. The summed E-state index contributed by atoms with van der Waals surface area (Å²) < 4.78 is 18.9. The van der Waals surface area contributed by atoms with Crippen molar-refractivity contribution in [2.45, 2.75) is 23.9 Å². The number of azide groups is 1. The Morgan fingerprint density at radius 1 is 0.741 bits per heavy atom. The Morgan fingerprint density at radius 3 is 1.84 bits per heavy atom. The minimum Gasteiger partial charge on any atom is -0.449 e. The summed E-state index contributed by atoms with van der Waals surface area (Å²) in [6.45, 7) is 1.70. The molecule has 0 fully saturated rings. The summed E-state index contributed by atoms with van der Waals surface area (Å²) in [7, 11) is 0. The Morgan fingerprint density at radius 2 is 1.28 bits per heavy atom. The molecule has 1 aromatic heterocycles. The topological polar surface area (TPSA) is 152 Å². The first-order valence-electron chi connectivity index (χ1n) is 19.3. The van der Waals surface area contributed by atoms with Gasteiger partial charge in [0.25, 0.3) is 0 Å². The molecule has 2 amide bonds. The van der Waals surface area contributed by atoms with Crippen LogP contribution >= 0.6 is 0 Å². The number of carbonyl (C=O) groups excluding carboxylic acids is 2. The second-order valence-corrected chi connectivity index (χ2v) is 13.8. The van der Waals surface area contributed by atoms with Crippen LogP contribution in [0.4, 0.5) is 4.79 Å². The zero-order valence-electron chi connectivity index (χ0n) is 32.0. The van der Waals surface area contributed by atoms with Crippen LogP contribution in [-0.2, 0) is 31.0 Å². The number of hydrogen-bond donors (Lipinski definition) is 2. The van der Waals surface area contributed by atoms with Crippen LogP contribution in [0, 0.1) is 0 Å². The molecule has 1 aliphatic carbocycles. The van der Waals surface area contributed by atoms with Crippen molar-refractivity contribution in [3.05, 3.63) is 196 Å². The number of nitrogens with one attached hydrogen (secondary N) is 2. The molecule has 1 heterocycles. The lowest BCUT2D eigenvalue weighted by Gasteiger charge is -2.37. The molecular formula is C46H45N7O5. The van der Waals surface area contributed by atoms with Crippen LogP contribution in [0.2, 0.25) is 0 Å². The van der Waals surface area contributed by atoms with Crippen molar-refractivity contribution in [3.63, 3.8) is 0 Å². The Kier molecular flexibility index (Phi) is 13.2. The van der Waals surface area contributed by atoms with E-state index < -0.39 is 23.6 Å².